The molecule has 0 aromatic heterocycles. The Kier molecular flexibility index (Phi) is 8.24. The minimum absolute atomic E-state index is 0.158. The van der Waals surface area contributed by atoms with Crippen molar-refractivity contribution in [2.45, 2.75) is 52.0 Å². The van der Waals surface area contributed by atoms with Crippen LogP contribution in [0, 0.1) is 17.8 Å². The Morgan fingerprint density at radius 2 is 1.67 bits per heavy atom. The maximum Gasteiger partial charge on any atom is 0.455 e. The molecule has 4 atom stereocenters. The van der Waals surface area contributed by atoms with E-state index in [1.165, 1.54) is 10.5 Å². The van der Waals surface area contributed by atoms with Crippen LogP contribution in [-0.2, 0) is 14.2 Å². The molecule has 7 nitrogen and oxygen atoms in total. The molecule has 2 saturated heterocycles. The molecule has 43 heavy (non-hydrogen) atoms. The molecule has 1 aliphatic carbocycles. The second-order valence-electron chi connectivity index (χ2n) is 11.8. The molecule has 3 aliphatic rings. The van der Waals surface area contributed by atoms with Gasteiger partial charge >= 0.3 is 7.12 Å². The third-order valence-corrected chi connectivity index (χ3v) is 9.03. The van der Waals surface area contributed by atoms with Crippen molar-refractivity contribution in [1.82, 2.24) is 0 Å². The second kappa shape index (κ2) is 12.2. The summed E-state index contributed by atoms with van der Waals surface area (Å²) >= 11 is 0. The number of para-hydroxylation sites is 1. The molecule has 2 amide bonds. The van der Waals surface area contributed by atoms with Gasteiger partial charge in [-0.1, -0.05) is 54.5 Å². The van der Waals surface area contributed by atoms with Gasteiger partial charge in [0.1, 0.15) is 5.75 Å². The number of hydrogen-bond acceptors (Lipinski definition) is 6. The van der Waals surface area contributed by atoms with Crippen LogP contribution in [-0.4, -0.2) is 35.2 Å². The molecule has 3 aromatic rings. The highest BCUT2D eigenvalue weighted by Gasteiger charge is 2.57. The number of allylic oxidation sites excluding steroid dienone is 2. The molecule has 2 fully saturated rings. The predicted molar refractivity (Wildman–Crippen MR) is 170 cm³/mol. The lowest BCUT2D eigenvalue weighted by Gasteiger charge is -2.43. The molecule has 0 spiro atoms. The van der Waals surface area contributed by atoms with Crippen LogP contribution in [0.3, 0.4) is 0 Å². The lowest BCUT2D eigenvalue weighted by Crippen LogP contribution is -2.46. The second-order valence-corrected chi connectivity index (χ2v) is 11.8. The first-order chi connectivity index (χ1) is 20.8. The van der Waals surface area contributed by atoms with Gasteiger partial charge in [0.05, 0.1) is 23.6 Å². The van der Waals surface area contributed by atoms with E-state index in [4.69, 9.17) is 4.65 Å². The van der Waals surface area contributed by atoms with Gasteiger partial charge in [0, 0.05) is 11.4 Å². The first-order valence-corrected chi connectivity index (χ1v) is 15.1. The Hall–Kier alpha value is -4.14. The van der Waals surface area contributed by atoms with Crippen molar-refractivity contribution < 1.29 is 24.4 Å². The van der Waals surface area contributed by atoms with Crippen molar-refractivity contribution in [3.8, 4) is 5.75 Å². The molecular formula is C35H37BN2O5. The Labute approximate surface area is 253 Å². The molecule has 3 N–H and O–H groups in total. The standard InChI is InChI=1S/C35H37BN2O5/c1-3-24-20-29-33(35(41)38(34(29)40)27-14-12-26(13-15-27)37-25-7-5-4-6-8-25)30-21-36(42)43-31(32(24)30)18-9-22(2)19-23-10-16-28(39)17-11-23/h4-8,10-17,19,29-31,33,37,39,42H,3,9,18,20-21H2,1-2H3/b22-19+/t29-,30+,31-,33-/m1/s1. The number of carbonyl (C=O) groups excluding carboxylic acids is 2. The Balaban J connectivity index is 1.21. The van der Waals surface area contributed by atoms with E-state index >= 15 is 0 Å². The van der Waals surface area contributed by atoms with Crippen LogP contribution in [0.4, 0.5) is 17.1 Å². The number of nitrogens with one attached hydrogen (secondary N) is 1. The first-order valence-electron chi connectivity index (χ1n) is 15.1. The number of nitrogens with zero attached hydrogens (tertiary/aromatic N) is 1. The Bertz CT molecular complexity index is 1550. The maximum absolute atomic E-state index is 14.0. The number of phenols is 1. The monoisotopic (exact) mass is 576 g/mol. The number of phenolic OH excluding ortho intramolecular Hbond substituents is 1. The van der Waals surface area contributed by atoms with Gasteiger partial charge in [-0.15, -0.1) is 0 Å². The van der Waals surface area contributed by atoms with Crippen molar-refractivity contribution in [2.24, 2.45) is 17.8 Å². The summed E-state index contributed by atoms with van der Waals surface area (Å²) in [6, 6.07) is 24.3. The average Bonchev–Trinajstić information content (AvgIpc) is 3.26. The van der Waals surface area contributed by atoms with E-state index in [1.807, 2.05) is 66.7 Å². The van der Waals surface area contributed by atoms with Crippen LogP contribution in [0.5, 0.6) is 5.75 Å². The minimum atomic E-state index is -0.989. The van der Waals surface area contributed by atoms with Crippen LogP contribution in [0.15, 0.2) is 95.6 Å². The van der Waals surface area contributed by atoms with Gasteiger partial charge in [-0.25, -0.2) is 0 Å². The van der Waals surface area contributed by atoms with Crippen molar-refractivity contribution in [3.05, 3.63) is 101 Å². The highest BCUT2D eigenvalue weighted by molar-refractivity contribution is 6.43. The van der Waals surface area contributed by atoms with Gasteiger partial charge in [-0.05, 0) is 105 Å². The smallest absolute Gasteiger partial charge is 0.455 e. The van der Waals surface area contributed by atoms with Gasteiger partial charge in [-0.2, -0.15) is 0 Å². The predicted octanol–water partition coefficient (Wildman–Crippen LogP) is 6.73. The number of amides is 2. The van der Waals surface area contributed by atoms with Gasteiger partial charge in [0.2, 0.25) is 11.8 Å². The number of imide groups is 1. The normalized spacial score (nSPS) is 23.8. The number of rotatable bonds is 8. The van der Waals surface area contributed by atoms with Crippen LogP contribution in [0.2, 0.25) is 6.32 Å². The van der Waals surface area contributed by atoms with Gasteiger partial charge in [0.15, 0.2) is 0 Å². The number of fused-ring (bicyclic) bond motifs is 3. The van der Waals surface area contributed by atoms with E-state index in [0.29, 0.717) is 24.8 Å². The molecule has 0 unspecified atom stereocenters. The number of hydrogen-bond donors (Lipinski definition) is 3. The van der Waals surface area contributed by atoms with E-state index in [1.54, 1.807) is 12.1 Å². The first kappa shape index (κ1) is 29.0. The van der Waals surface area contributed by atoms with Crippen molar-refractivity contribution in [3.63, 3.8) is 0 Å². The number of benzene rings is 3. The summed E-state index contributed by atoms with van der Waals surface area (Å²) in [4.78, 5) is 29.1. The molecule has 2 heterocycles. The summed E-state index contributed by atoms with van der Waals surface area (Å²) in [5, 5.41) is 23.7. The number of aromatic hydroxyl groups is 1. The fourth-order valence-electron chi connectivity index (χ4n) is 7.03. The molecule has 0 saturated carbocycles. The molecule has 0 bridgehead atoms. The van der Waals surface area contributed by atoms with E-state index in [-0.39, 0.29) is 29.6 Å². The molecular weight excluding hydrogens is 539 g/mol. The lowest BCUT2D eigenvalue weighted by molar-refractivity contribution is -0.122. The fraction of sp³-hybridized carbons (Fsp3) is 0.314. The third kappa shape index (κ3) is 5.90. The summed E-state index contributed by atoms with van der Waals surface area (Å²) in [5.74, 6) is -1.28. The van der Waals surface area contributed by atoms with Crippen LogP contribution >= 0.6 is 0 Å². The summed E-state index contributed by atoms with van der Waals surface area (Å²) in [7, 11) is -0.989. The third-order valence-electron chi connectivity index (χ3n) is 9.03. The molecule has 2 aliphatic heterocycles. The van der Waals surface area contributed by atoms with E-state index in [2.05, 4.69) is 25.2 Å². The van der Waals surface area contributed by atoms with E-state index < -0.39 is 19.0 Å². The van der Waals surface area contributed by atoms with Crippen molar-refractivity contribution >= 4 is 42.1 Å². The number of anilines is 3. The van der Waals surface area contributed by atoms with E-state index in [0.717, 1.165) is 40.9 Å². The Morgan fingerprint density at radius 1 is 0.977 bits per heavy atom. The topological polar surface area (TPSA) is 99.1 Å². The Morgan fingerprint density at radius 3 is 2.37 bits per heavy atom. The zero-order chi connectivity index (χ0) is 30.1. The fourth-order valence-corrected chi connectivity index (χ4v) is 7.03. The maximum atomic E-state index is 14.0. The molecule has 3 aromatic carbocycles. The minimum Gasteiger partial charge on any atom is -0.508 e. The number of carbonyl (C=O) groups is 2. The van der Waals surface area contributed by atoms with Gasteiger partial charge in [0.25, 0.3) is 0 Å². The van der Waals surface area contributed by atoms with Crippen LogP contribution in [0.25, 0.3) is 6.08 Å². The average molecular weight is 577 g/mol. The molecule has 8 heteroatoms. The zero-order valence-corrected chi connectivity index (χ0v) is 24.6. The highest BCUT2D eigenvalue weighted by Crippen LogP contribution is 2.52. The van der Waals surface area contributed by atoms with Crippen LogP contribution < -0.4 is 10.2 Å². The van der Waals surface area contributed by atoms with Gasteiger partial charge < -0.3 is 20.1 Å². The largest absolute Gasteiger partial charge is 0.508 e. The van der Waals surface area contributed by atoms with E-state index in [9.17, 15) is 19.7 Å². The molecule has 220 valence electrons. The van der Waals surface area contributed by atoms with Crippen molar-refractivity contribution in [2.75, 3.05) is 10.2 Å². The summed E-state index contributed by atoms with van der Waals surface area (Å²) in [6.07, 6.45) is 4.82. The van der Waals surface area contributed by atoms with Crippen molar-refractivity contribution in [1.29, 1.82) is 0 Å². The zero-order valence-electron chi connectivity index (χ0n) is 24.6. The highest BCUT2D eigenvalue weighted by atomic mass is 16.5. The molecule has 6 rings (SSSR count). The SMILES string of the molecule is CCC1=C2[C@@H](CC/C(C)=C/c3ccc(O)cc3)OB(O)C[C@@H]2[C@@H]2C(=O)N(c3ccc(Nc4ccccc4)cc3)C(=O)[C@@H]2C1. The van der Waals surface area contributed by atoms with Crippen LogP contribution in [0.1, 0.15) is 45.1 Å². The summed E-state index contributed by atoms with van der Waals surface area (Å²) < 4.78 is 6.11. The summed E-state index contributed by atoms with van der Waals surface area (Å²) in [5.41, 5.74) is 6.84. The molecule has 0 radical (unpaired) electrons. The lowest BCUT2D eigenvalue weighted by atomic mass is 9.58. The quantitative estimate of drug-likeness (QED) is 0.156. The van der Waals surface area contributed by atoms with Gasteiger partial charge in [-0.3, -0.25) is 14.5 Å². The summed E-state index contributed by atoms with van der Waals surface area (Å²) in [6.45, 7) is 4.16.